The van der Waals surface area contributed by atoms with Crippen LogP contribution < -0.4 is 10.6 Å². The molecule has 3 heterocycles. The van der Waals surface area contributed by atoms with Crippen molar-refractivity contribution in [1.29, 1.82) is 0 Å². The van der Waals surface area contributed by atoms with E-state index in [1.807, 2.05) is 25.1 Å². The fourth-order valence-electron chi connectivity index (χ4n) is 3.47. The Morgan fingerprint density at radius 2 is 1.97 bits per heavy atom. The maximum Gasteiger partial charge on any atom is 0.410 e. The molecule has 4 aromatic rings. The Hall–Kier alpha value is -3.32. The number of nitrogens with one attached hydrogen (secondary N) is 2. The van der Waals surface area contributed by atoms with E-state index in [1.165, 1.54) is 0 Å². The fraction of sp³-hybridized carbons (Fsp3) is 0.182. The summed E-state index contributed by atoms with van der Waals surface area (Å²) in [7, 11) is 0. The van der Waals surface area contributed by atoms with Gasteiger partial charge in [-0.25, -0.2) is 9.78 Å². The molecule has 0 spiro atoms. The minimum Gasteiger partial charge on any atom is -0.465 e. The molecular weight excluding hydrogens is 575 g/mol. The number of carboxylic acid groups (broad SMARTS) is 1. The number of aryl methyl sites for hydroxylation is 2. The van der Waals surface area contributed by atoms with Gasteiger partial charge in [-0.3, -0.25) is 15.1 Å². The number of carbonyl (C=O) groups is 2. The first-order valence-electron chi connectivity index (χ1n) is 10.0. The number of amides is 2. The van der Waals surface area contributed by atoms with Gasteiger partial charge in [0.05, 0.1) is 17.0 Å². The molecule has 174 valence electrons. The summed E-state index contributed by atoms with van der Waals surface area (Å²) in [6.07, 6.45) is 0.756. The molecule has 4 rings (SSSR count). The van der Waals surface area contributed by atoms with Crippen LogP contribution in [0.4, 0.5) is 10.6 Å². The van der Waals surface area contributed by atoms with Gasteiger partial charge >= 0.3 is 17.9 Å². The molecule has 0 radical (unpaired) electrons. The number of hydrogen-bond acceptors (Lipinski definition) is 7. The highest BCUT2D eigenvalue weighted by Gasteiger charge is 2.17. The second-order valence-electron chi connectivity index (χ2n) is 7.48. The van der Waals surface area contributed by atoms with Crippen LogP contribution in [0.1, 0.15) is 39.0 Å². The number of anilines is 1. The molecule has 0 saturated heterocycles. The topological polar surface area (TPSA) is 143 Å². The van der Waals surface area contributed by atoms with Crippen LogP contribution in [-0.4, -0.2) is 37.3 Å². The first-order chi connectivity index (χ1) is 16.2. The van der Waals surface area contributed by atoms with Crippen molar-refractivity contribution >= 4 is 62.9 Å². The van der Waals surface area contributed by atoms with Crippen molar-refractivity contribution in [1.82, 2.24) is 25.5 Å². The lowest BCUT2D eigenvalue weighted by Crippen LogP contribution is -2.24. The quantitative estimate of drug-likeness (QED) is 0.278. The van der Waals surface area contributed by atoms with E-state index in [1.54, 1.807) is 19.2 Å². The molecule has 0 saturated carbocycles. The summed E-state index contributed by atoms with van der Waals surface area (Å²) in [5.41, 5.74) is 3.91. The Morgan fingerprint density at radius 3 is 2.71 bits per heavy atom. The molecular formula is C22H18ClIN6O4. The Balaban J connectivity index is 1.44. The highest BCUT2D eigenvalue weighted by Crippen LogP contribution is 2.25. The number of nitrogens with zero attached hydrogens (tertiary/aromatic N) is 4. The van der Waals surface area contributed by atoms with Crippen molar-refractivity contribution in [3.8, 4) is 0 Å². The average molecular weight is 593 g/mol. The van der Waals surface area contributed by atoms with E-state index in [9.17, 15) is 9.59 Å². The van der Waals surface area contributed by atoms with Gasteiger partial charge in [-0.05, 0) is 77.4 Å². The van der Waals surface area contributed by atoms with E-state index in [-0.39, 0.29) is 18.3 Å². The maximum absolute atomic E-state index is 12.5. The third-order valence-corrected chi connectivity index (χ3v) is 6.02. The van der Waals surface area contributed by atoms with Crippen LogP contribution in [0.3, 0.4) is 0 Å². The summed E-state index contributed by atoms with van der Waals surface area (Å²) < 4.78 is 6.53. The molecule has 0 aliphatic carbocycles. The number of pyridine rings is 2. The number of halogens is 2. The van der Waals surface area contributed by atoms with Crippen LogP contribution in [0.15, 0.2) is 34.9 Å². The highest BCUT2D eigenvalue weighted by molar-refractivity contribution is 14.1. The van der Waals surface area contributed by atoms with Crippen molar-refractivity contribution in [2.24, 2.45) is 0 Å². The third-order valence-electron chi connectivity index (χ3n) is 4.99. The van der Waals surface area contributed by atoms with Crippen molar-refractivity contribution < 1.29 is 19.1 Å². The van der Waals surface area contributed by atoms with Gasteiger partial charge in [0.25, 0.3) is 0 Å². The Morgan fingerprint density at radius 1 is 1.18 bits per heavy atom. The fourth-order valence-corrected chi connectivity index (χ4v) is 4.49. The van der Waals surface area contributed by atoms with E-state index in [0.717, 1.165) is 31.2 Å². The lowest BCUT2D eigenvalue weighted by Gasteiger charge is -2.11. The summed E-state index contributed by atoms with van der Waals surface area (Å²) in [4.78, 5) is 31.9. The van der Waals surface area contributed by atoms with Crippen LogP contribution in [-0.2, 0) is 13.0 Å². The van der Waals surface area contributed by atoms with E-state index in [0.29, 0.717) is 23.0 Å². The van der Waals surface area contributed by atoms with Gasteiger partial charge < -0.3 is 14.8 Å². The monoisotopic (exact) mass is 592 g/mol. The van der Waals surface area contributed by atoms with Gasteiger partial charge in [-0.15, -0.1) is 10.2 Å². The molecule has 3 N–H and O–H groups in total. The molecule has 10 nitrogen and oxygen atoms in total. The Bertz CT molecular complexity index is 1400. The molecule has 3 aromatic heterocycles. The van der Waals surface area contributed by atoms with E-state index >= 15 is 0 Å². The lowest BCUT2D eigenvalue weighted by atomic mass is 10.1. The molecule has 0 bridgehead atoms. The standard InChI is InChI=1S/C22H18ClIN6O4/c1-10-3-17(28-22(32)33)27-11(2)15(10)9-26-20(31)21-30-29-18(34-21)6-12-4-13-7-14(23)8-25-19(13)16(24)5-12/h3-5,7-8H,6,9H2,1-2H3,(H,26,31)(H,27,28)(H,32,33). The number of carbonyl (C=O) groups excluding carboxylic acids is 1. The average Bonchev–Trinajstić information content (AvgIpc) is 3.20. The van der Waals surface area contributed by atoms with E-state index in [2.05, 4.69) is 53.4 Å². The van der Waals surface area contributed by atoms with E-state index < -0.39 is 12.0 Å². The van der Waals surface area contributed by atoms with Crippen LogP contribution in [0, 0.1) is 17.4 Å². The van der Waals surface area contributed by atoms with Crippen molar-refractivity contribution in [3.63, 3.8) is 0 Å². The summed E-state index contributed by atoms with van der Waals surface area (Å²) >= 11 is 8.27. The number of hydrogen-bond donors (Lipinski definition) is 3. The maximum atomic E-state index is 12.5. The first kappa shape index (κ1) is 23.8. The third kappa shape index (κ3) is 5.42. The van der Waals surface area contributed by atoms with Crippen LogP contribution in [0.25, 0.3) is 10.9 Å². The molecule has 34 heavy (non-hydrogen) atoms. The molecule has 0 atom stereocenters. The molecule has 12 heteroatoms. The zero-order chi connectivity index (χ0) is 24.4. The van der Waals surface area contributed by atoms with Gasteiger partial charge in [0.15, 0.2) is 0 Å². The summed E-state index contributed by atoms with van der Waals surface area (Å²) in [5, 5.41) is 23.1. The van der Waals surface area contributed by atoms with E-state index in [4.69, 9.17) is 21.1 Å². The second kappa shape index (κ2) is 9.89. The van der Waals surface area contributed by atoms with Gasteiger partial charge in [-0.1, -0.05) is 11.6 Å². The summed E-state index contributed by atoms with van der Waals surface area (Å²) in [6.45, 7) is 3.72. The largest absolute Gasteiger partial charge is 0.465 e. The number of rotatable bonds is 6. The van der Waals surface area contributed by atoms with Crippen LogP contribution >= 0.6 is 34.2 Å². The highest BCUT2D eigenvalue weighted by atomic mass is 127. The smallest absolute Gasteiger partial charge is 0.410 e. The van der Waals surface area contributed by atoms with Gasteiger partial charge in [-0.2, -0.15) is 0 Å². The Kier molecular flexibility index (Phi) is 6.93. The van der Waals surface area contributed by atoms with Gasteiger partial charge in [0.1, 0.15) is 5.82 Å². The van der Waals surface area contributed by atoms with Gasteiger partial charge in [0, 0.05) is 27.4 Å². The molecule has 2 amide bonds. The zero-order valence-electron chi connectivity index (χ0n) is 18.0. The SMILES string of the molecule is Cc1cc(NC(=O)O)nc(C)c1CNC(=O)c1nnc(Cc2cc(I)c3ncc(Cl)cc3c2)o1. The molecule has 1 aromatic carbocycles. The number of aromatic nitrogens is 4. The molecule has 0 unspecified atom stereocenters. The number of fused-ring (bicyclic) bond motifs is 1. The lowest BCUT2D eigenvalue weighted by molar-refractivity contribution is 0.0914. The van der Waals surface area contributed by atoms with Crippen molar-refractivity contribution in [2.45, 2.75) is 26.8 Å². The van der Waals surface area contributed by atoms with Gasteiger partial charge in [0.2, 0.25) is 5.89 Å². The predicted molar refractivity (Wildman–Crippen MR) is 133 cm³/mol. The minimum atomic E-state index is -1.20. The number of benzene rings is 1. The molecule has 0 fully saturated rings. The van der Waals surface area contributed by atoms with Crippen LogP contribution in [0.5, 0.6) is 0 Å². The van der Waals surface area contributed by atoms with Crippen molar-refractivity contribution in [3.05, 3.63) is 73.2 Å². The minimum absolute atomic E-state index is 0.150. The normalized spacial score (nSPS) is 10.9. The second-order valence-corrected chi connectivity index (χ2v) is 9.08. The summed E-state index contributed by atoms with van der Waals surface area (Å²) in [5.74, 6) is -0.147. The predicted octanol–water partition coefficient (Wildman–Crippen LogP) is 4.50. The van der Waals surface area contributed by atoms with Crippen molar-refractivity contribution in [2.75, 3.05) is 5.32 Å². The molecule has 0 aliphatic rings. The summed E-state index contributed by atoms with van der Waals surface area (Å²) in [6, 6.07) is 7.35. The van der Waals surface area contributed by atoms with Crippen LogP contribution in [0.2, 0.25) is 5.02 Å². The zero-order valence-corrected chi connectivity index (χ0v) is 20.9. The Labute approximate surface area is 212 Å². The first-order valence-corrected chi connectivity index (χ1v) is 11.5. The molecule has 0 aliphatic heterocycles.